The van der Waals surface area contributed by atoms with Gasteiger partial charge in [0.15, 0.2) is 6.61 Å². The Morgan fingerprint density at radius 3 is 2.24 bits per heavy atom. The fourth-order valence-electron chi connectivity index (χ4n) is 2.93. The van der Waals surface area contributed by atoms with Crippen LogP contribution in [0.15, 0.2) is 94.9 Å². The minimum Gasteiger partial charge on any atom is -0.484 e. The Balaban J connectivity index is 1.40. The van der Waals surface area contributed by atoms with E-state index in [0.29, 0.717) is 5.75 Å². The molecule has 3 aromatic carbocycles. The predicted molar refractivity (Wildman–Crippen MR) is 132 cm³/mol. The van der Waals surface area contributed by atoms with Gasteiger partial charge in [0.25, 0.3) is 11.8 Å². The van der Waals surface area contributed by atoms with Gasteiger partial charge in [-0.3, -0.25) is 9.59 Å². The summed E-state index contributed by atoms with van der Waals surface area (Å²) in [5.41, 5.74) is 4.40. The van der Waals surface area contributed by atoms with Gasteiger partial charge in [0.05, 0.1) is 17.5 Å². The van der Waals surface area contributed by atoms with E-state index < -0.39 is 0 Å². The van der Waals surface area contributed by atoms with Crippen molar-refractivity contribution in [2.75, 3.05) is 6.61 Å². The highest BCUT2D eigenvalue weighted by Crippen LogP contribution is 2.22. The first-order chi connectivity index (χ1) is 16.0. The van der Waals surface area contributed by atoms with E-state index in [1.165, 1.54) is 11.8 Å². The van der Waals surface area contributed by atoms with Crippen LogP contribution in [0.1, 0.15) is 31.0 Å². The average Bonchev–Trinajstić information content (AvgIpc) is 2.84. The van der Waals surface area contributed by atoms with Crippen molar-refractivity contribution in [3.05, 3.63) is 96.1 Å². The third kappa shape index (κ3) is 8.12. The van der Waals surface area contributed by atoms with E-state index in [1.807, 2.05) is 74.5 Å². The summed E-state index contributed by atoms with van der Waals surface area (Å²) in [7, 11) is 0. The molecule has 170 valence electrons. The number of ether oxygens (including phenoxy) is 1. The zero-order valence-electron chi connectivity index (χ0n) is 18.6. The number of hydrogen-bond donors (Lipinski definition) is 2. The molecule has 2 atom stereocenters. The van der Waals surface area contributed by atoms with Crippen molar-refractivity contribution in [1.82, 2.24) is 10.7 Å². The Kier molecular flexibility index (Phi) is 9.08. The molecule has 0 heterocycles. The lowest BCUT2D eigenvalue weighted by atomic mass is 10.1. The minimum atomic E-state index is -0.268. The van der Waals surface area contributed by atoms with Crippen LogP contribution in [0.3, 0.4) is 0 Å². The fourth-order valence-corrected chi connectivity index (χ4v) is 3.81. The summed E-state index contributed by atoms with van der Waals surface area (Å²) in [5, 5.41) is 6.67. The van der Waals surface area contributed by atoms with Gasteiger partial charge in [0.2, 0.25) is 0 Å². The molecule has 0 aliphatic heterocycles. The van der Waals surface area contributed by atoms with Gasteiger partial charge in [-0.15, -0.1) is 11.8 Å². The Hall–Kier alpha value is -3.58. The molecule has 3 aromatic rings. The smallest absolute Gasteiger partial charge is 0.258 e. The molecule has 0 fully saturated rings. The third-order valence-corrected chi connectivity index (χ3v) is 5.85. The predicted octanol–water partition coefficient (Wildman–Crippen LogP) is 4.57. The number of benzene rings is 3. The fraction of sp³-hybridized carbons (Fsp3) is 0.192. The molecule has 2 amide bonds. The maximum atomic E-state index is 12.2. The van der Waals surface area contributed by atoms with Crippen molar-refractivity contribution in [1.29, 1.82) is 0 Å². The number of thioether (sulfide) groups is 1. The van der Waals surface area contributed by atoms with Gasteiger partial charge < -0.3 is 10.1 Å². The summed E-state index contributed by atoms with van der Waals surface area (Å²) >= 11 is 1.47. The van der Waals surface area contributed by atoms with E-state index in [9.17, 15) is 9.59 Å². The maximum absolute atomic E-state index is 12.2. The summed E-state index contributed by atoms with van der Waals surface area (Å²) in [6.45, 7) is 3.70. The van der Waals surface area contributed by atoms with Crippen molar-refractivity contribution in [3.8, 4) is 5.75 Å². The minimum absolute atomic E-state index is 0.0718. The number of rotatable bonds is 10. The molecule has 0 saturated carbocycles. The average molecular weight is 462 g/mol. The lowest BCUT2D eigenvalue weighted by Crippen LogP contribution is -2.31. The quantitative estimate of drug-likeness (QED) is 0.263. The van der Waals surface area contributed by atoms with E-state index in [0.717, 1.165) is 16.0 Å². The number of carbonyl (C=O) groups excluding carboxylic acids is 2. The first-order valence-electron chi connectivity index (χ1n) is 10.6. The number of hydrogen-bond acceptors (Lipinski definition) is 5. The van der Waals surface area contributed by atoms with Gasteiger partial charge in [0.1, 0.15) is 5.75 Å². The lowest BCUT2D eigenvalue weighted by Gasteiger charge is -2.14. The molecule has 0 unspecified atom stereocenters. The van der Waals surface area contributed by atoms with Crippen LogP contribution in [0.2, 0.25) is 0 Å². The molecule has 6 nitrogen and oxygen atoms in total. The summed E-state index contributed by atoms with van der Waals surface area (Å²) in [6.07, 6.45) is 1.57. The van der Waals surface area contributed by atoms with Gasteiger partial charge in [0, 0.05) is 4.90 Å². The van der Waals surface area contributed by atoms with Crippen LogP contribution in [-0.4, -0.2) is 29.9 Å². The topological polar surface area (TPSA) is 79.8 Å². The highest BCUT2D eigenvalue weighted by atomic mass is 32.2. The van der Waals surface area contributed by atoms with Crippen LogP contribution in [0, 0.1) is 0 Å². The van der Waals surface area contributed by atoms with Gasteiger partial charge >= 0.3 is 0 Å². The zero-order valence-corrected chi connectivity index (χ0v) is 19.4. The van der Waals surface area contributed by atoms with Crippen LogP contribution in [-0.2, 0) is 9.59 Å². The molecule has 0 spiro atoms. The molecular weight excluding hydrogens is 434 g/mol. The van der Waals surface area contributed by atoms with E-state index in [4.69, 9.17) is 4.74 Å². The van der Waals surface area contributed by atoms with Gasteiger partial charge in [-0.05, 0) is 61.4 Å². The van der Waals surface area contributed by atoms with Crippen molar-refractivity contribution < 1.29 is 14.3 Å². The normalized spacial score (nSPS) is 12.7. The van der Waals surface area contributed by atoms with Gasteiger partial charge in [-0.2, -0.15) is 5.10 Å². The molecular formula is C26H27N3O3S. The van der Waals surface area contributed by atoms with Gasteiger partial charge in [-0.1, -0.05) is 48.5 Å². The molecule has 0 aromatic heterocycles. The highest BCUT2D eigenvalue weighted by Gasteiger charge is 2.13. The number of nitrogens with zero attached hydrogens (tertiary/aromatic N) is 1. The number of carbonyl (C=O) groups is 2. The molecule has 7 heteroatoms. The van der Waals surface area contributed by atoms with Crippen molar-refractivity contribution >= 4 is 29.8 Å². The standard InChI is InChI=1S/C26H27N3O3S/c1-19(22-9-5-3-6-10-22)28-25(30)18-32-23-15-13-21(14-16-23)17-27-29-26(31)20(2)33-24-11-7-4-8-12-24/h3-17,19-20H,18H2,1-2H3,(H,28,30)(H,29,31)/b27-17-/t19-,20-/m1/s1. The highest BCUT2D eigenvalue weighted by molar-refractivity contribution is 8.00. The summed E-state index contributed by atoms with van der Waals surface area (Å²) in [6, 6.07) is 26.5. The van der Waals surface area contributed by atoms with Gasteiger partial charge in [-0.25, -0.2) is 5.43 Å². The van der Waals surface area contributed by atoms with Crippen LogP contribution in [0.4, 0.5) is 0 Å². The second kappa shape index (κ2) is 12.5. The Labute approximate surface area is 198 Å². The van der Waals surface area contributed by atoms with E-state index in [2.05, 4.69) is 15.8 Å². The van der Waals surface area contributed by atoms with Crippen molar-refractivity contribution in [3.63, 3.8) is 0 Å². The Bertz CT molecular complexity index is 1060. The molecule has 33 heavy (non-hydrogen) atoms. The molecule has 3 rings (SSSR count). The molecule has 0 saturated heterocycles. The Morgan fingerprint density at radius 1 is 0.939 bits per heavy atom. The monoisotopic (exact) mass is 461 g/mol. The van der Waals surface area contributed by atoms with Crippen LogP contribution in [0.5, 0.6) is 5.75 Å². The molecule has 0 radical (unpaired) electrons. The van der Waals surface area contributed by atoms with E-state index in [-0.39, 0.29) is 29.7 Å². The summed E-state index contributed by atoms with van der Waals surface area (Å²) in [4.78, 5) is 25.4. The summed E-state index contributed by atoms with van der Waals surface area (Å²) < 4.78 is 5.56. The Morgan fingerprint density at radius 2 is 1.58 bits per heavy atom. The van der Waals surface area contributed by atoms with Crippen molar-refractivity contribution in [2.24, 2.45) is 5.10 Å². The number of amides is 2. The number of hydrazone groups is 1. The molecule has 0 aliphatic carbocycles. The summed E-state index contributed by atoms with van der Waals surface area (Å²) in [5.74, 6) is 0.213. The second-order valence-corrected chi connectivity index (χ2v) is 8.78. The van der Waals surface area contributed by atoms with Crippen molar-refractivity contribution in [2.45, 2.75) is 30.0 Å². The SMILES string of the molecule is C[C@@H](Sc1ccccc1)C(=O)N/N=C\c1ccc(OCC(=O)N[C@H](C)c2ccccc2)cc1. The van der Waals surface area contributed by atoms with Crippen LogP contribution >= 0.6 is 11.8 Å². The third-order valence-electron chi connectivity index (χ3n) is 4.74. The molecule has 0 aliphatic rings. The first kappa shape index (κ1) is 24.1. The van der Waals surface area contributed by atoms with E-state index in [1.54, 1.807) is 30.5 Å². The first-order valence-corrected chi connectivity index (χ1v) is 11.5. The molecule has 0 bridgehead atoms. The largest absolute Gasteiger partial charge is 0.484 e. The van der Waals surface area contributed by atoms with Crippen LogP contribution < -0.4 is 15.5 Å². The van der Waals surface area contributed by atoms with E-state index >= 15 is 0 Å². The zero-order chi connectivity index (χ0) is 23.5. The second-order valence-electron chi connectivity index (χ2n) is 7.36. The maximum Gasteiger partial charge on any atom is 0.258 e. The van der Waals surface area contributed by atoms with Crippen LogP contribution in [0.25, 0.3) is 0 Å². The molecule has 2 N–H and O–H groups in total. The number of nitrogens with one attached hydrogen (secondary N) is 2. The lowest BCUT2D eigenvalue weighted by molar-refractivity contribution is -0.123.